The van der Waals surface area contributed by atoms with E-state index in [1.807, 2.05) is 20.8 Å². The molecular formula is C25H42N6O4. The molecule has 3 rings (SSSR count). The van der Waals surface area contributed by atoms with Gasteiger partial charge in [-0.2, -0.15) is 4.98 Å². The second-order valence-electron chi connectivity index (χ2n) is 10.6. The van der Waals surface area contributed by atoms with Crippen molar-refractivity contribution in [3.05, 3.63) is 11.8 Å². The molecule has 10 heteroatoms. The first-order valence-corrected chi connectivity index (χ1v) is 13.0. The molecule has 0 bridgehead atoms. The number of ether oxygens (including phenoxy) is 1. The van der Waals surface area contributed by atoms with Crippen LogP contribution in [0.15, 0.2) is 6.20 Å². The number of piperidine rings is 1. The summed E-state index contributed by atoms with van der Waals surface area (Å²) in [5.74, 6) is 0.794. The Balaban J connectivity index is 1.62. The van der Waals surface area contributed by atoms with Gasteiger partial charge >= 0.3 is 6.09 Å². The highest BCUT2D eigenvalue weighted by Gasteiger charge is 2.29. The molecule has 4 N–H and O–H groups in total. The number of nitrogens with one attached hydrogen (secondary N) is 3. The van der Waals surface area contributed by atoms with Gasteiger partial charge < -0.3 is 30.7 Å². The van der Waals surface area contributed by atoms with E-state index in [4.69, 9.17) is 4.74 Å². The molecule has 2 heterocycles. The highest BCUT2D eigenvalue weighted by Crippen LogP contribution is 2.24. The van der Waals surface area contributed by atoms with Crippen molar-refractivity contribution in [2.45, 2.75) is 103 Å². The largest absolute Gasteiger partial charge is 0.444 e. The summed E-state index contributed by atoms with van der Waals surface area (Å²) in [6.45, 7) is 9.52. The van der Waals surface area contributed by atoms with Gasteiger partial charge in [0.2, 0.25) is 5.95 Å². The average molecular weight is 491 g/mol. The molecule has 2 aliphatic rings. The van der Waals surface area contributed by atoms with Gasteiger partial charge in [0.05, 0.1) is 6.10 Å². The minimum Gasteiger partial charge on any atom is -0.444 e. The standard InChI is InChI=1S/C25H42N6O4/c1-5-6-13-26-23-27-16-20(21(30-23)28-17-7-9-19(32)10-8-17)22(33)29-18-11-14-31(15-12-18)24(34)35-25(2,3)4/h16-19,32H,5-15H2,1-4H3,(H,29,33)(H2,26,27,28,30). The first-order valence-electron chi connectivity index (χ1n) is 13.0. The summed E-state index contributed by atoms with van der Waals surface area (Å²) in [5.41, 5.74) is -0.119. The number of rotatable bonds is 8. The Labute approximate surface area is 208 Å². The molecule has 0 atom stereocenters. The number of unbranched alkanes of at least 4 members (excludes halogenated alkanes) is 1. The lowest BCUT2D eigenvalue weighted by atomic mass is 9.93. The van der Waals surface area contributed by atoms with Crippen LogP contribution in [0, 0.1) is 0 Å². The Kier molecular flexibility index (Phi) is 9.54. The minimum absolute atomic E-state index is 0.0405. The maximum Gasteiger partial charge on any atom is 0.410 e. The van der Waals surface area contributed by atoms with E-state index < -0.39 is 5.60 Å². The van der Waals surface area contributed by atoms with Crippen molar-refractivity contribution in [1.82, 2.24) is 20.2 Å². The van der Waals surface area contributed by atoms with Gasteiger partial charge in [-0.1, -0.05) is 13.3 Å². The number of amides is 2. The molecule has 0 unspecified atom stereocenters. The normalized spacial score (nSPS) is 21.3. The number of hydrogen-bond acceptors (Lipinski definition) is 8. The maximum atomic E-state index is 13.2. The van der Waals surface area contributed by atoms with Crippen LogP contribution in [0.3, 0.4) is 0 Å². The Morgan fingerprint density at radius 2 is 1.80 bits per heavy atom. The molecule has 1 aliphatic carbocycles. The maximum absolute atomic E-state index is 13.2. The lowest BCUT2D eigenvalue weighted by Crippen LogP contribution is -2.48. The van der Waals surface area contributed by atoms with Crippen molar-refractivity contribution in [2.24, 2.45) is 0 Å². The average Bonchev–Trinajstić information content (AvgIpc) is 2.80. The number of anilines is 2. The zero-order chi connectivity index (χ0) is 25.4. The first-order chi connectivity index (χ1) is 16.6. The van der Waals surface area contributed by atoms with Gasteiger partial charge in [0, 0.05) is 37.9 Å². The van der Waals surface area contributed by atoms with Gasteiger partial charge in [0.25, 0.3) is 5.91 Å². The van der Waals surface area contributed by atoms with Crippen molar-refractivity contribution in [3.63, 3.8) is 0 Å². The molecule has 196 valence electrons. The molecule has 1 aromatic rings. The van der Waals surface area contributed by atoms with Crippen molar-refractivity contribution in [3.8, 4) is 0 Å². The third-order valence-electron chi connectivity index (χ3n) is 6.37. The lowest BCUT2D eigenvalue weighted by molar-refractivity contribution is 0.0199. The van der Waals surface area contributed by atoms with Crippen LogP contribution in [0.4, 0.5) is 16.6 Å². The van der Waals surface area contributed by atoms with Crippen molar-refractivity contribution in [2.75, 3.05) is 30.3 Å². The summed E-state index contributed by atoms with van der Waals surface area (Å²) in [7, 11) is 0. The van der Waals surface area contributed by atoms with Crippen molar-refractivity contribution >= 4 is 23.8 Å². The summed E-state index contributed by atoms with van der Waals surface area (Å²) < 4.78 is 5.46. The Morgan fingerprint density at radius 1 is 1.11 bits per heavy atom. The number of aliphatic hydroxyl groups is 1. The molecule has 0 radical (unpaired) electrons. The topological polar surface area (TPSA) is 129 Å². The fourth-order valence-electron chi connectivity index (χ4n) is 4.33. The molecule has 35 heavy (non-hydrogen) atoms. The summed E-state index contributed by atoms with van der Waals surface area (Å²) in [5, 5.41) is 19.6. The van der Waals surface area contributed by atoms with Crippen LogP contribution in [0.5, 0.6) is 0 Å². The first kappa shape index (κ1) is 27.0. The second-order valence-corrected chi connectivity index (χ2v) is 10.6. The molecule has 0 aromatic carbocycles. The van der Waals surface area contributed by atoms with Crippen LogP contribution in [0.2, 0.25) is 0 Å². The molecule has 1 saturated heterocycles. The van der Waals surface area contributed by atoms with Crippen molar-refractivity contribution < 1.29 is 19.4 Å². The minimum atomic E-state index is -0.528. The predicted molar refractivity (Wildman–Crippen MR) is 136 cm³/mol. The van der Waals surface area contributed by atoms with Crippen LogP contribution in [-0.2, 0) is 4.74 Å². The highest BCUT2D eigenvalue weighted by molar-refractivity contribution is 5.98. The Morgan fingerprint density at radius 3 is 2.43 bits per heavy atom. The number of aromatic nitrogens is 2. The number of aliphatic hydroxyl groups excluding tert-OH is 1. The molecule has 0 spiro atoms. The monoisotopic (exact) mass is 490 g/mol. The zero-order valence-corrected chi connectivity index (χ0v) is 21.6. The van der Waals surface area contributed by atoms with Gasteiger partial charge in [-0.05, 0) is 65.7 Å². The number of likely N-dealkylation sites (tertiary alicyclic amines) is 1. The van der Waals surface area contributed by atoms with Gasteiger partial charge in [-0.15, -0.1) is 0 Å². The van der Waals surface area contributed by atoms with Crippen LogP contribution >= 0.6 is 0 Å². The smallest absolute Gasteiger partial charge is 0.410 e. The summed E-state index contributed by atoms with van der Waals surface area (Å²) in [4.78, 5) is 36.2. The molecule has 10 nitrogen and oxygen atoms in total. The summed E-state index contributed by atoms with van der Waals surface area (Å²) in [6.07, 6.45) is 7.54. The highest BCUT2D eigenvalue weighted by atomic mass is 16.6. The van der Waals surface area contributed by atoms with E-state index in [0.29, 0.717) is 43.3 Å². The Hall–Kier alpha value is -2.62. The van der Waals surface area contributed by atoms with Crippen molar-refractivity contribution in [1.29, 1.82) is 0 Å². The van der Waals surface area contributed by atoms with Gasteiger partial charge in [0.15, 0.2) is 0 Å². The third kappa shape index (κ3) is 8.52. The Bertz CT molecular complexity index is 843. The van der Waals surface area contributed by atoms with Gasteiger partial charge in [0.1, 0.15) is 17.0 Å². The molecule has 2 amide bonds. The van der Waals surface area contributed by atoms with Gasteiger partial charge in [-0.25, -0.2) is 9.78 Å². The van der Waals surface area contributed by atoms with Crippen LogP contribution in [-0.4, -0.2) is 75.4 Å². The van der Waals surface area contributed by atoms with Crippen LogP contribution in [0.1, 0.15) is 89.4 Å². The van der Waals surface area contributed by atoms with E-state index in [2.05, 4.69) is 32.8 Å². The predicted octanol–water partition coefficient (Wildman–Crippen LogP) is 3.53. The molecular weight excluding hydrogens is 448 g/mol. The van der Waals surface area contributed by atoms with Crippen LogP contribution < -0.4 is 16.0 Å². The molecule has 2 fully saturated rings. The van der Waals surface area contributed by atoms with E-state index in [-0.39, 0.29) is 30.2 Å². The van der Waals surface area contributed by atoms with Crippen LogP contribution in [0.25, 0.3) is 0 Å². The number of carbonyl (C=O) groups excluding carboxylic acids is 2. The quantitative estimate of drug-likeness (QED) is 0.407. The van der Waals surface area contributed by atoms with Gasteiger partial charge in [-0.3, -0.25) is 4.79 Å². The SMILES string of the molecule is CCCCNc1ncc(C(=O)NC2CCN(C(=O)OC(C)(C)C)CC2)c(NC2CCC(O)CC2)n1. The summed E-state index contributed by atoms with van der Waals surface area (Å²) in [6, 6.07) is 0.113. The summed E-state index contributed by atoms with van der Waals surface area (Å²) >= 11 is 0. The molecule has 1 aromatic heterocycles. The van der Waals surface area contributed by atoms with E-state index in [1.54, 1.807) is 11.1 Å². The fraction of sp³-hybridized carbons (Fsp3) is 0.760. The molecule has 1 saturated carbocycles. The zero-order valence-electron chi connectivity index (χ0n) is 21.6. The van der Waals surface area contributed by atoms with E-state index in [9.17, 15) is 14.7 Å². The van der Waals surface area contributed by atoms with E-state index in [1.165, 1.54) is 0 Å². The third-order valence-corrected chi connectivity index (χ3v) is 6.37. The van der Waals surface area contributed by atoms with E-state index in [0.717, 1.165) is 45.1 Å². The number of hydrogen-bond donors (Lipinski definition) is 4. The van der Waals surface area contributed by atoms with E-state index >= 15 is 0 Å². The number of carbonyl (C=O) groups is 2. The number of nitrogens with zero attached hydrogens (tertiary/aromatic N) is 3. The molecule has 1 aliphatic heterocycles. The second kappa shape index (κ2) is 12.4. The lowest BCUT2D eigenvalue weighted by Gasteiger charge is -2.33. The fourth-order valence-corrected chi connectivity index (χ4v) is 4.33.